The van der Waals surface area contributed by atoms with Gasteiger partial charge in [-0.3, -0.25) is 9.59 Å². The normalized spacial score (nSPS) is 21.0. The topological polar surface area (TPSA) is 86.7 Å². The van der Waals surface area contributed by atoms with Gasteiger partial charge in [-0.25, -0.2) is 4.79 Å². The number of nitrogens with one attached hydrogen (secondary N) is 1. The number of piperazine rings is 1. The summed E-state index contributed by atoms with van der Waals surface area (Å²) in [7, 11) is 0. The maximum Gasteiger partial charge on any atom is 0.335 e. The van der Waals surface area contributed by atoms with E-state index < -0.39 is 18.1 Å². The van der Waals surface area contributed by atoms with Crippen LogP contribution in [-0.4, -0.2) is 39.9 Å². The minimum absolute atomic E-state index is 0.0272. The third kappa shape index (κ3) is 4.14. The molecular weight excluding hydrogens is 404 g/mol. The molecule has 1 aliphatic carbocycles. The first-order valence-electron chi connectivity index (χ1n) is 11.4. The van der Waals surface area contributed by atoms with Crippen LogP contribution in [0.4, 0.5) is 0 Å². The first kappa shape index (κ1) is 22.1. The van der Waals surface area contributed by atoms with Crippen LogP contribution < -0.4 is 5.32 Å². The maximum atomic E-state index is 13.8. The fraction of sp³-hybridized carbons (Fsp3) is 0.423. The minimum Gasteiger partial charge on any atom is -0.478 e. The van der Waals surface area contributed by atoms with Gasteiger partial charge in [0.15, 0.2) is 0 Å². The van der Waals surface area contributed by atoms with E-state index in [9.17, 15) is 19.5 Å². The number of hydrogen-bond acceptors (Lipinski definition) is 3. The third-order valence-electron chi connectivity index (χ3n) is 7.03. The van der Waals surface area contributed by atoms with E-state index in [4.69, 9.17) is 0 Å². The van der Waals surface area contributed by atoms with Gasteiger partial charge in [0.05, 0.1) is 5.56 Å². The molecule has 4 rings (SSSR count). The van der Waals surface area contributed by atoms with Gasteiger partial charge in [-0.05, 0) is 53.5 Å². The standard InChI is InChI=1S/C26H30N2O4/c1-3-17(4-2)23-24(29)27-22(21-13-18-9-5-6-10-19(18)14-21)25(30)28(23)15-16-8-7-11-20(12-16)26(31)32/h5-12,17,21-23H,3-4,13-15H2,1-2H3,(H,27,29)(H,31,32). The molecule has 2 unspecified atom stereocenters. The summed E-state index contributed by atoms with van der Waals surface area (Å²) in [4.78, 5) is 40.2. The molecule has 2 aliphatic rings. The highest BCUT2D eigenvalue weighted by Crippen LogP contribution is 2.33. The van der Waals surface area contributed by atoms with Crippen molar-refractivity contribution in [1.82, 2.24) is 10.2 Å². The van der Waals surface area contributed by atoms with Crippen molar-refractivity contribution in [3.8, 4) is 0 Å². The van der Waals surface area contributed by atoms with Gasteiger partial charge >= 0.3 is 5.97 Å². The molecule has 1 aliphatic heterocycles. The zero-order chi connectivity index (χ0) is 22.8. The summed E-state index contributed by atoms with van der Waals surface area (Å²) >= 11 is 0. The van der Waals surface area contributed by atoms with Crippen molar-refractivity contribution < 1.29 is 19.5 Å². The zero-order valence-electron chi connectivity index (χ0n) is 18.6. The van der Waals surface area contributed by atoms with E-state index in [0.29, 0.717) is 0 Å². The number of carboxylic acid groups (broad SMARTS) is 1. The van der Waals surface area contributed by atoms with Crippen molar-refractivity contribution in [2.24, 2.45) is 11.8 Å². The van der Waals surface area contributed by atoms with E-state index in [1.165, 1.54) is 17.2 Å². The number of carboxylic acids is 1. The molecule has 2 aromatic rings. The quantitative estimate of drug-likeness (QED) is 0.699. The van der Waals surface area contributed by atoms with Gasteiger partial charge < -0.3 is 15.3 Å². The van der Waals surface area contributed by atoms with E-state index in [-0.39, 0.29) is 35.8 Å². The molecule has 1 fully saturated rings. The number of nitrogens with zero attached hydrogens (tertiary/aromatic N) is 1. The van der Waals surface area contributed by atoms with Crippen LogP contribution in [0.25, 0.3) is 0 Å². The zero-order valence-corrected chi connectivity index (χ0v) is 18.6. The van der Waals surface area contributed by atoms with Gasteiger partial charge in [0.2, 0.25) is 11.8 Å². The average Bonchev–Trinajstić information content (AvgIpc) is 3.22. The minimum atomic E-state index is -1.01. The summed E-state index contributed by atoms with van der Waals surface area (Å²) in [6.07, 6.45) is 3.11. The Morgan fingerprint density at radius 3 is 2.31 bits per heavy atom. The lowest BCUT2D eigenvalue weighted by Crippen LogP contribution is -2.66. The van der Waals surface area contributed by atoms with Crippen molar-refractivity contribution in [1.29, 1.82) is 0 Å². The van der Waals surface area contributed by atoms with Gasteiger partial charge in [-0.15, -0.1) is 0 Å². The lowest BCUT2D eigenvalue weighted by molar-refractivity contribution is -0.154. The fourth-order valence-electron chi connectivity index (χ4n) is 5.29. The number of carbonyl (C=O) groups is 3. The van der Waals surface area contributed by atoms with Crippen molar-refractivity contribution in [3.05, 3.63) is 70.8 Å². The second-order valence-corrected chi connectivity index (χ2v) is 8.92. The van der Waals surface area contributed by atoms with Crippen LogP contribution in [0.2, 0.25) is 0 Å². The molecule has 6 heteroatoms. The van der Waals surface area contributed by atoms with E-state index >= 15 is 0 Å². The predicted octanol–water partition coefficient (Wildman–Crippen LogP) is 3.43. The first-order valence-corrected chi connectivity index (χ1v) is 11.4. The summed E-state index contributed by atoms with van der Waals surface area (Å²) < 4.78 is 0. The highest BCUT2D eigenvalue weighted by Gasteiger charge is 2.46. The van der Waals surface area contributed by atoms with Crippen LogP contribution in [0.5, 0.6) is 0 Å². The molecule has 168 valence electrons. The Morgan fingerprint density at radius 1 is 1.06 bits per heavy atom. The Bertz CT molecular complexity index is 1000. The third-order valence-corrected chi connectivity index (χ3v) is 7.03. The predicted molar refractivity (Wildman–Crippen MR) is 121 cm³/mol. The molecule has 0 saturated carbocycles. The van der Waals surface area contributed by atoms with Crippen LogP contribution in [0, 0.1) is 11.8 Å². The molecule has 0 radical (unpaired) electrons. The molecule has 2 aromatic carbocycles. The summed E-state index contributed by atoms with van der Waals surface area (Å²) in [6.45, 7) is 4.30. The lowest BCUT2D eigenvalue weighted by atomic mass is 9.86. The van der Waals surface area contributed by atoms with Crippen molar-refractivity contribution in [2.45, 2.75) is 58.2 Å². The molecular formula is C26H30N2O4. The summed E-state index contributed by atoms with van der Waals surface area (Å²) in [5, 5.41) is 12.4. The molecule has 0 bridgehead atoms. The highest BCUT2D eigenvalue weighted by molar-refractivity contribution is 5.97. The van der Waals surface area contributed by atoms with Crippen molar-refractivity contribution in [2.75, 3.05) is 0 Å². The number of fused-ring (bicyclic) bond motifs is 1. The molecule has 32 heavy (non-hydrogen) atoms. The average molecular weight is 435 g/mol. The highest BCUT2D eigenvalue weighted by atomic mass is 16.4. The first-order chi connectivity index (χ1) is 15.4. The fourth-order valence-corrected chi connectivity index (χ4v) is 5.29. The lowest BCUT2D eigenvalue weighted by Gasteiger charge is -2.43. The Balaban J connectivity index is 1.64. The molecule has 1 saturated heterocycles. The Kier molecular flexibility index (Phi) is 6.31. The number of aromatic carboxylic acids is 1. The number of amides is 2. The van der Waals surface area contributed by atoms with Crippen molar-refractivity contribution >= 4 is 17.8 Å². The van der Waals surface area contributed by atoms with Crippen LogP contribution in [0.3, 0.4) is 0 Å². The number of carbonyl (C=O) groups excluding carboxylic acids is 2. The molecule has 2 N–H and O–H groups in total. The second-order valence-electron chi connectivity index (χ2n) is 8.92. The van der Waals surface area contributed by atoms with E-state index in [2.05, 4.69) is 17.4 Å². The largest absolute Gasteiger partial charge is 0.478 e. The number of hydrogen-bond donors (Lipinski definition) is 2. The van der Waals surface area contributed by atoms with E-state index in [1.807, 2.05) is 32.0 Å². The molecule has 0 spiro atoms. The number of rotatable bonds is 7. The van der Waals surface area contributed by atoms with E-state index in [1.54, 1.807) is 17.0 Å². The Morgan fingerprint density at radius 2 is 1.72 bits per heavy atom. The molecule has 2 atom stereocenters. The molecule has 2 amide bonds. The van der Waals surface area contributed by atoms with Gasteiger partial charge in [0.25, 0.3) is 0 Å². The van der Waals surface area contributed by atoms with Gasteiger partial charge in [0, 0.05) is 6.54 Å². The van der Waals surface area contributed by atoms with Crippen molar-refractivity contribution in [3.63, 3.8) is 0 Å². The molecule has 0 aromatic heterocycles. The molecule has 6 nitrogen and oxygen atoms in total. The summed E-state index contributed by atoms with van der Waals surface area (Å²) in [5.74, 6) is -1.11. The van der Waals surface area contributed by atoms with Gasteiger partial charge in [0.1, 0.15) is 12.1 Å². The van der Waals surface area contributed by atoms with E-state index in [0.717, 1.165) is 31.2 Å². The number of benzene rings is 2. The smallest absolute Gasteiger partial charge is 0.335 e. The SMILES string of the molecule is CCC(CC)C1C(=O)NC(C2Cc3ccccc3C2)C(=O)N1Cc1cccc(C(=O)O)c1. The van der Waals surface area contributed by atoms with Gasteiger partial charge in [-0.2, -0.15) is 0 Å². The Labute approximate surface area is 188 Å². The van der Waals surface area contributed by atoms with Crippen LogP contribution >= 0.6 is 0 Å². The second kappa shape index (κ2) is 9.15. The Hall–Kier alpha value is -3.15. The van der Waals surface area contributed by atoms with Gasteiger partial charge in [-0.1, -0.05) is 63.1 Å². The molecule has 1 heterocycles. The monoisotopic (exact) mass is 434 g/mol. The summed E-state index contributed by atoms with van der Waals surface area (Å²) in [6, 6.07) is 13.7. The van der Waals surface area contributed by atoms with Crippen LogP contribution in [-0.2, 0) is 29.0 Å². The maximum absolute atomic E-state index is 13.8. The van der Waals surface area contributed by atoms with Crippen LogP contribution in [0.15, 0.2) is 48.5 Å². The van der Waals surface area contributed by atoms with Crippen LogP contribution in [0.1, 0.15) is 53.7 Å². The summed E-state index contributed by atoms with van der Waals surface area (Å²) in [5.41, 5.74) is 3.38.